The van der Waals surface area contributed by atoms with E-state index in [1.165, 1.54) is 9.80 Å². The zero-order valence-electron chi connectivity index (χ0n) is 24.5. The molecule has 2 saturated heterocycles. The molecule has 7 nitrogen and oxygen atoms in total. The van der Waals surface area contributed by atoms with Crippen molar-refractivity contribution in [2.24, 2.45) is 29.1 Å². The highest BCUT2D eigenvalue weighted by Gasteiger charge is 2.68. The minimum atomic E-state index is -1.19. The molecule has 2 aliphatic carbocycles. The minimum absolute atomic E-state index is 0.0843. The van der Waals surface area contributed by atoms with Gasteiger partial charge in [-0.3, -0.25) is 24.1 Å². The first kappa shape index (κ1) is 27.3. The molecule has 7 rings (SSSR count). The molecule has 1 saturated carbocycles. The van der Waals surface area contributed by atoms with Crippen molar-refractivity contribution in [2.45, 2.75) is 46.0 Å². The van der Waals surface area contributed by atoms with E-state index in [9.17, 15) is 24.3 Å². The summed E-state index contributed by atoms with van der Waals surface area (Å²) in [6.07, 6.45) is 3.50. The SMILES string of the molecule is CCc1ccc(N2C(=O)[C@H]3[C@H](CC=C4[C@H]3C[C@H]3C(=O)N(c5ccccc5)C(=O)[C@@]3(C)[C@H]4c3cccc(C)c3O)C2=O)cc1. The van der Waals surface area contributed by atoms with Crippen LogP contribution in [0, 0.1) is 36.0 Å². The number of allylic oxidation sites excluding steroid dienone is 2. The molecule has 7 heteroatoms. The molecule has 0 bridgehead atoms. The molecule has 2 heterocycles. The number of aromatic hydroxyl groups is 1. The van der Waals surface area contributed by atoms with E-state index in [-0.39, 0.29) is 35.8 Å². The van der Waals surface area contributed by atoms with Crippen molar-refractivity contribution in [3.05, 3.63) is 101 Å². The number of hydrogen-bond acceptors (Lipinski definition) is 5. The number of fused-ring (bicyclic) bond motifs is 4. The van der Waals surface area contributed by atoms with Crippen molar-refractivity contribution in [1.82, 2.24) is 0 Å². The van der Waals surface area contributed by atoms with Crippen molar-refractivity contribution < 1.29 is 24.3 Å². The summed E-state index contributed by atoms with van der Waals surface area (Å²) in [5.74, 6) is -4.00. The number of hydrogen-bond donors (Lipinski definition) is 1. The Hall–Kier alpha value is -4.52. The normalized spacial score (nSPS) is 29.8. The van der Waals surface area contributed by atoms with E-state index < -0.39 is 35.0 Å². The van der Waals surface area contributed by atoms with E-state index in [2.05, 4.69) is 6.92 Å². The van der Waals surface area contributed by atoms with Crippen LogP contribution in [0.4, 0.5) is 11.4 Å². The van der Waals surface area contributed by atoms with Crippen LogP contribution in [-0.2, 0) is 25.6 Å². The van der Waals surface area contributed by atoms with E-state index in [4.69, 9.17) is 0 Å². The Morgan fingerprint density at radius 2 is 1.51 bits per heavy atom. The van der Waals surface area contributed by atoms with Crippen molar-refractivity contribution in [1.29, 1.82) is 0 Å². The lowest BCUT2D eigenvalue weighted by Crippen LogP contribution is -2.49. The van der Waals surface area contributed by atoms with Gasteiger partial charge in [0.15, 0.2) is 0 Å². The third-order valence-electron chi connectivity index (χ3n) is 10.5. The zero-order chi connectivity index (χ0) is 30.2. The van der Waals surface area contributed by atoms with Gasteiger partial charge in [-0.25, -0.2) is 4.90 Å². The maximum atomic E-state index is 14.4. The number of phenols is 1. The Labute approximate surface area is 250 Å². The molecule has 6 atom stereocenters. The average Bonchev–Trinajstić information content (AvgIpc) is 3.39. The first-order valence-electron chi connectivity index (χ1n) is 15.1. The molecule has 0 spiro atoms. The first-order chi connectivity index (χ1) is 20.7. The highest BCUT2D eigenvalue weighted by atomic mass is 16.3. The van der Waals surface area contributed by atoms with Crippen LogP contribution >= 0.6 is 0 Å². The average molecular weight is 575 g/mol. The minimum Gasteiger partial charge on any atom is -0.507 e. The topological polar surface area (TPSA) is 95.0 Å². The lowest BCUT2D eigenvalue weighted by Gasteiger charge is -2.49. The van der Waals surface area contributed by atoms with E-state index in [0.717, 1.165) is 17.6 Å². The number of carbonyl (C=O) groups excluding carboxylic acids is 4. The fraction of sp³-hybridized carbons (Fsp3) is 0.333. The number of aryl methyl sites for hydroxylation is 2. The van der Waals surface area contributed by atoms with Gasteiger partial charge in [0.25, 0.3) is 0 Å². The molecule has 0 radical (unpaired) electrons. The van der Waals surface area contributed by atoms with E-state index in [1.54, 1.807) is 24.3 Å². The Balaban J connectivity index is 1.36. The van der Waals surface area contributed by atoms with Crippen LogP contribution in [0.25, 0.3) is 0 Å². The van der Waals surface area contributed by atoms with Crippen LogP contribution in [-0.4, -0.2) is 28.7 Å². The lowest BCUT2D eigenvalue weighted by atomic mass is 9.51. The summed E-state index contributed by atoms with van der Waals surface area (Å²) in [6.45, 7) is 5.69. The number of benzene rings is 3. The number of nitrogens with zero attached hydrogens (tertiary/aromatic N) is 2. The molecule has 3 aromatic carbocycles. The summed E-state index contributed by atoms with van der Waals surface area (Å²) in [7, 11) is 0. The Morgan fingerprint density at radius 1 is 0.814 bits per heavy atom. The second-order valence-corrected chi connectivity index (χ2v) is 12.5. The van der Waals surface area contributed by atoms with Crippen LogP contribution in [0.15, 0.2) is 84.4 Å². The fourth-order valence-electron chi connectivity index (χ4n) is 8.23. The van der Waals surface area contributed by atoms with Crippen molar-refractivity contribution in [2.75, 3.05) is 9.80 Å². The molecule has 43 heavy (non-hydrogen) atoms. The van der Waals surface area contributed by atoms with Crippen LogP contribution in [0.3, 0.4) is 0 Å². The third kappa shape index (κ3) is 3.73. The molecular weight excluding hydrogens is 540 g/mol. The van der Waals surface area contributed by atoms with Gasteiger partial charge >= 0.3 is 0 Å². The molecule has 4 amide bonds. The van der Waals surface area contributed by atoms with Crippen molar-refractivity contribution >= 4 is 35.0 Å². The molecule has 3 fully saturated rings. The van der Waals surface area contributed by atoms with Gasteiger partial charge in [0, 0.05) is 11.5 Å². The van der Waals surface area contributed by atoms with E-state index in [0.29, 0.717) is 28.9 Å². The molecule has 0 aromatic heterocycles. The van der Waals surface area contributed by atoms with Gasteiger partial charge in [0.2, 0.25) is 23.6 Å². The van der Waals surface area contributed by atoms with Gasteiger partial charge in [-0.15, -0.1) is 0 Å². The number of phenolic OH excluding ortho intramolecular Hbond substituents is 1. The van der Waals surface area contributed by atoms with Gasteiger partial charge in [0.05, 0.1) is 34.5 Å². The first-order valence-corrected chi connectivity index (χ1v) is 15.1. The maximum Gasteiger partial charge on any atom is 0.241 e. The predicted octanol–water partition coefficient (Wildman–Crippen LogP) is 5.70. The lowest BCUT2D eigenvalue weighted by molar-refractivity contribution is -0.131. The van der Waals surface area contributed by atoms with Crippen molar-refractivity contribution in [3.63, 3.8) is 0 Å². The molecule has 218 valence electrons. The smallest absolute Gasteiger partial charge is 0.241 e. The number of amides is 4. The maximum absolute atomic E-state index is 14.4. The Bertz CT molecular complexity index is 1710. The van der Waals surface area contributed by atoms with Crippen LogP contribution in [0.5, 0.6) is 5.75 Å². The number of rotatable bonds is 4. The third-order valence-corrected chi connectivity index (χ3v) is 10.5. The zero-order valence-corrected chi connectivity index (χ0v) is 24.5. The fourth-order valence-corrected chi connectivity index (χ4v) is 8.23. The van der Waals surface area contributed by atoms with E-state index >= 15 is 0 Å². The largest absolute Gasteiger partial charge is 0.507 e. The summed E-state index contributed by atoms with van der Waals surface area (Å²) in [5, 5.41) is 11.4. The standard InChI is InChI=1S/C36H34N2O5/c1-4-21-13-15-23(16-14-21)37-32(40)25-18-17-24-27(29(25)34(37)42)19-28-33(41)38(22-10-6-5-7-11-22)35(43)36(28,3)30(24)26-12-8-9-20(2)31(26)39/h5-17,25,27-30,39H,4,18-19H2,1-3H3/t25-,27+,28-,29-,30+,36+/m0/s1. The number of para-hydroxylation sites is 2. The number of carbonyl (C=O) groups is 4. The number of anilines is 2. The summed E-state index contributed by atoms with van der Waals surface area (Å²) >= 11 is 0. The summed E-state index contributed by atoms with van der Waals surface area (Å²) < 4.78 is 0. The molecule has 1 N–H and O–H groups in total. The van der Waals surface area contributed by atoms with Gasteiger partial charge in [-0.05, 0) is 74.4 Å². The Morgan fingerprint density at radius 3 is 2.21 bits per heavy atom. The van der Waals surface area contributed by atoms with E-state index in [1.807, 2.05) is 68.5 Å². The molecule has 4 aliphatic rings. The van der Waals surface area contributed by atoms with Crippen LogP contribution in [0.2, 0.25) is 0 Å². The summed E-state index contributed by atoms with van der Waals surface area (Å²) in [6, 6.07) is 21.9. The molecule has 0 unspecified atom stereocenters. The summed E-state index contributed by atoms with van der Waals surface area (Å²) in [5.41, 5.74) is 3.09. The van der Waals surface area contributed by atoms with Gasteiger partial charge in [-0.1, -0.05) is 67.1 Å². The summed E-state index contributed by atoms with van der Waals surface area (Å²) in [4.78, 5) is 59.2. The Kier molecular flexibility index (Phi) is 6.20. The van der Waals surface area contributed by atoms with Crippen LogP contribution in [0.1, 0.15) is 49.3 Å². The molecular formula is C36H34N2O5. The second-order valence-electron chi connectivity index (χ2n) is 12.5. The quantitative estimate of drug-likeness (QED) is 0.319. The van der Waals surface area contributed by atoms with Gasteiger partial charge in [-0.2, -0.15) is 0 Å². The highest BCUT2D eigenvalue weighted by Crippen LogP contribution is 2.64. The molecule has 2 aliphatic heterocycles. The van der Waals surface area contributed by atoms with Crippen LogP contribution < -0.4 is 9.80 Å². The number of imide groups is 2. The highest BCUT2D eigenvalue weighted by molar-refractivity contribution is 6.25. The predicted molar refractivity (Wildman–Crippen MR) is 162 cm³/mol. The molecule has 3 aromatic rings. The van der Waals surface area contributed by atoms with Gasteiger partial charge in [0.1, 0.15) is 5.75 Å². The van der Waals surface area contributed by atoms with Crippen molar-refractivity contribution in [3.8, 4) is 5.75 Å². The van der Waals surface area contributed by atoms with Gasteiger partial charge < -0.3 is 5.11 Å². The second kappa shape index (κ2) is 9.76. The monoisotopic (exact) mass is 574 g/mol.